The van der Waals surface area contributed by atoms with Gasteiger partial charge in [0.25, 0.3) is 0 Å². The highest BCUT2D eigenvalue weighted by atomic mass is 32.2. The summed E-state index contributed by atoms with van der Waals surface area (Å²) < 4.78 is 43.1. The van der Waals surface area contributed by atoms with Crippen LogP contribution >= 0.6 is 11.8 Å². The van der Waals surface area contributed by atoms with Gasteiger partial charge in [-0.15, -0.1) is 10.2 Å². The summed E-state index contributed by atoms with van der Waals surface area (Å²) in [6.07, 6.45) is 0. The van der Waals surface area contributed by atoms with Crippen molar-refractivity contribution in [2.45, 2.75) is 17.8 Å². The number of benzene rings is 3. The molecule has 0 spiro atoms. The van der Waals surface area contributed by atoms with Gasteiger partial charge in [-0.1, -0.05) is 35.5 Å². The summed E-state index contributed by atoms with van der Waals surface area (Å²) in [4.78, 5) is 0. The molecule has 3 aromatic carbocycles. The van der Waals surface area contributed by atoms with Gasteiger partial charge in [-0.3, -0.25) is 4.57 Å². The Bertz CT molecular complexity index is 1120. The zero-order chi connectivity index (χ0) is 20.4. The first-order chi connectivity index (χ1) is 14.0. The predicted octanol–water partition coefficient (Wildman–Crippen LogP) is 5.95. The lowest BCUT2D eigenvalue weighted by Gasteiger charge is -2.11. The van der Waals surface area contributed by atoms with Gasteiger partial charge in [0, 0.05) is 22.6 Å². The molecular weight excluding hydrogens is 395 g/mol. The number of aromatic nitrogens is 3. The zero-order valence-corrected chi connectivity index (χ0v) is 16.3. The molecule has 0 bridgehead atoms. The molecule has 4 rings (SSSR count). The van der Waals surface area contributed by atoms with Crippen LogP contribution in [0, 0.1) is 24.4 Å². The molecular formula is C22H16F3N3S. The maximum atomic E-state index is 14.0. The Labute approximate surface area is 170 Å². The van der Waals surface area contributed by atoms with Crippen molar-refractivity contribution < 1.29 is 13.2 Å². The van der Waals surface area contributed by atoms with Gasteiger partial charge in [0.1, 0.15) is 17.5 Å². The Hall–Kier alpha value is -3.06. The summed E-state index contributed by atoms with van der Waals surface area (Å²) in [6, 6.07) is 17.5. The largest absolute Gasteiger partial charge is 0.270 e. The van der Waals surface area contributed by atoms with E-state index in [9.17, 15) is 13.2 Å². The van der Waals surface area contributed by atoms with Crippen molar-refractivity contribution in [1.29, 1.82) is 0 Å². The molecule has 3 nitrogen and oxygen atoms in total. The predicted molar refractivity (Wildman–Crippen MR) is 107 cm³/mol. The Balaban J connectivity index is 1.75. The monoisotopic (exact) mass is 411 g/mol. The van der Waals surface area contributed by atoms with Crippen LogP contribution in [0.4, 0.5) is 13.2 Å². The van der Waals surface area contributed by atoms with Crippen molar-refractivity contribution in [3.05, 3.63) is 95.3 Å². The van der Waals surface area contributed by atoms with E-state index in [0.717, 1.165) is 11.3 Å². The highest BCUT2D eigenvalue weighted by molar-refractivity contribution is 7.98. The summed E-state index contributed by atoms with van der Waals surface area (Å²) in [7, 11) is 0. The van der Waals surface area contributed by atoms with E-state index in [1.165, 1.54) is 42.1 Å². The van der Waals surface area contributed by atoms with E-state index in [1.54, 1.807) is 16.7 Å². The molecule has 0 atom stereocenters. The van der Waals surface area contributed by atoms with Crippen LogP contribution in [0.2, 0.25) is 0 Å². The van der Waals surface area contributed by atoms with Crippen molar-refractivity contribution >= 4 is 11.8 Å². The van der Waals surface area contributed by atoms with Crippen LogP contribution < -0.4 is 0 Å². The van der Waals surface area contributed by atoms with Crippen LogP contribution in [0.3, 0.4) is 0 Å². The van der Waals surface area contributed by atoms with Crippen molar-refractivity contribution in [3.63, 3.8) is 0 Å². The molecule has 146 valence electrons. The second-order valence-electron chi connectivity index (χ2n) is 6.47. The van der Waals surface area contributed by atoms with Crippen LogP contribution in [0.5, 0.6) is 0 Å². The number of hydrogen-bond acceptors (Lipinski definition) is 3. The second kappa shape index (κ2) is 8.13. The molecule has 0 unspecified atom stereocenters. The minimum Gasteiger partial charge on any atom is -0.270 e. The first-order valence-electron chi connectivity index (χ1n) is 8.87. The summed E-state index contributed by atoms with van der Waals surface area (Å²) in [6.45, 7) is 1.98. The Kier molecular flexibility index (Phi) is 5.40. The van der Waals surface area contributed by atoms with Crippen LogP contribution in [0.15, 0.2) is 71.9 Å². The number of hydrogen-bond donors (Lipinski definition) is 0. The fraction of sp³-hybridized carbons (Fsp3) is 0.0909. The van der Waals surface area contributed by atoms with Gasteiger partial charge in [0.2, 0.25) is 0 Å². The number of thioether (sulfide) groups is 1. The van der Waals surface area contributed by atoms with E-state index >= 15 is 0 Å². The third-order valence-electron chi connectivity index (χ3n) is 4.44. The van der Waals surface area contributed by atoms with Crippen LogP contribution in [0.1, 0.15) is 11.1 Å². The van der Waals surface area contributed by atoms with Crippen LogP contribution in [-0.2, 0) is 5.75 Å². The standard InChI is InChI=1S/C22H16F3N3S/c1-14-5-11-17(12-6-14)28-21(15-7-9-16(23)10-8-15)26-27-22(28)29-13-18-19(24)3-2-4-20(18)25/h2-12H,13H2,1H3. The number of nitrogens with zero attached hydrogens (tertiary/aromatic N) is 3. The minimum atomic E-state index is -0.599. The van der Waals surface area contributed by atoms with Crippen LogP contribution in [0.25, 0.3) is 17.1 Å². The Morgan fingerprint density at radius 2 is 1.48 bits per heavy atom. The molecule has 4 aromatic rings. The minimum absolute atomic E-state index is 0.0145. The number of halogens is 3. The van der Waals surface area contributed by atoms with Gasteiger partial charge < -0.3 is 0 Å². The average molecular weight is 411 g/mol. The lowest BCUT2D eigenvalue weighted by atomic mass is 10.2. The summed E-state index contributed by atoms with van der Waals surface area (Å²) >= 11 is 1.18. The first kappa shape index (κ1) is 19.3. The lowest BCUT2D eigenvalue weighted by molar-refractivity contribution is 0.566. The average Bonchev–Trinajstić information content (AvgIpc) is 3.13. The van der Waals surface area contributed by atoms with Gasteiger partial charge in [-0.05, 0) is 55.5 Å². The van der Waals surface area contributed by atoms with Crippen LogP contribution in [-0.4, -0.2) is 14.8 Å². The molecule has 0 aliphatic heterocycles. The van der Waals surface area contributed by atoms with Crippen molar-refractivity contribution in [3.8, 4) is 17.1 Å². The highest BCUT2D eigenvalue weighted by Crippen LogP contribution is 2.31. The molecule has 0 N–H and O–H groups in total. The van der Waals surface area contributed by atoms with Crippen molar-refractivity contribution in [2.24, 2.45) is 0 Å². The maximum absolute atomic E-state index is 14.0. The highest BCUT2D eigenvalue weighted by Gasteiger charge is 2.18. The molecule has 7 heteroatoms. The molecule has 0 fully saturated rings. The van der Waals surface area contributed by atoms with Gasteiger partial charge in [0.05, 0.1) is 0 Å². The summed E-state index contributed by atoms with van der Waals surface area (Å²) in [5.41, 5.74) is 2.56. The first-order valence-corrected chi connectivity index (χ1v) is 9.85. The molecule has 1 heterocycles. The number of aryl methyl sites for hydroxylation is 1. The topological polar surface area (TPSA) is 30.7 Å². The fourth-order valence-corrected chi connectivity index (χ4v) is 3.85. The molecule has 0 aliphatic carbocycles. The molecule has 29 heavy (non-hydrogen) atoms. The van der Waals surface area contributed by atoms with E-state index in [-0.39, 0.29) is 17.1 Å². The van der Waals surface area contributed by atoms with Gasteiger partial charge in [-0.25, -0.2) is 13.2 Å². The lowest BCUT2D eigenvalue weighted by Crippen LogP contribution is -2.01. The van der Waals surface area contributed by atoms with Gasteiger partial charge >= 0.3 is 0 Å². The molecule has 1 aromatic heterocycles. The third-order valence-corrected chi connectivity index (χ3v) is 5.39. The third kappa shape index (κ3) is 4.05. The SMILES string of the molecule is Cc1ccc(-n2c(SCc3c(F)cccc3F)nnc2-c2ccc(F)cc2)cc1. The van der Waals surface area contributed by atoms with E-state index in [1.807, 2.05) is 31.2 Å². The van der Waals surface area contributed by atoms with Gasteiger partial charge in [-0.2, -0.15) is 0 Å². The van der Waals surface area contributed by atoms with E-state index in [4.69, 9.17) is 0 Å². The van der Waals surface area contributed by atoms with E-state index in [2.05, 4.69) is 10.2 Å². The summed E-state index contributed by atoms with van der Waals surface area (Å²) in [5.74, 6) is -0.966. The molecule has 0 radical (unpaired) electrons. The quantitative estimate of drug-likeness (QED) is 0.380. The second-order valence-corrected chi connectivity index (χ2v) is 7.42. The van der Waals surface area contributed by atoms with Gasteiger partial charge in [0.15, 0.2) is 11.0 Å². The molecule has 0 saturated heterocycles. The van der Waals surface area contributed by atoms with Crippen molar-refractivity contribution in [1.82, 2.24) is 14.8 Å². The smallest absolute Gasteiger partial charge is 0.196 e. The number of rotatable bonds is 5. The molecule has 0 saturated carbocycles. The normalized spacial score (nSPS) is 11.0. The van der Waals surface area contributed by atoms with Crippen molar-refractivity contribution in [2.75, 3.05) is 0 Å². The fourth-order valence-electron chi connectivity index (χ4n) is 2.88. The molecule has 0 aliphatic rings. The zero-order valence-electron chi connectivity index (χ0n) is 15.4. The van der Waals surface area contributed by atoms with E-state index in [0.29, 0.717) is 16.5 Å². The Morgan fingerprint density at radius 1 is 0.828 bits per heavy atom. The molecule has 0 amide bonds. The Morgan fingerprint density at radius 3 is 2.14 bits per heavy atom. The summed E-state index contributed by atoms with van der Waals surface area (Å²) in [5, 5.41) is 8.96. The van der Waals surface area contributed by atoms with E-state index < -0.39 is 11.6 Å². The maximum Gasteiger partial charge on any atom is 0.196 e.